The summed E-state index contributed by atoms with van der Waals surface area (Å²) in [6.45, 7) is 0. The minimum Gasteiger partial charge on any atom is -0.507 e. The first kappa shape index (κ1) is 13.8. The highest BCUT2D eigenvalue weighted by molar-refractivity contribution is 6.03. The van der Waals surface area contributed by atoms with Gasteiger partial charge in [0.25, 0.3) is 0 Å². The van der Waals surface area contributed by atoms with E-state index in [0.29, 0.717) is 11.3 Å². The van der Waals surface area contributed by atoms with Crippen LogP contribution in [0.3, 0.4) is 0 Å². The minimum atomic E-state index is -0.995. The summed E-state index contributed by atoms with van der Waals surface area (Å²) in [5, 5.41) is 20.9. The van der Waals surface area contributed by atoms with E-state index in [9.17, 15) is 9.90 Å². The van der Waals surface area contributed by atoms with Crippen molar-refractivity contribution in [2.45, 2.75) is 0 Å². The Balaban J connectivity index is 2.04. The molecule has 0 aliphatic heterocycles. The largest absolute Gasteiger partial charge is 0.507 e. The van der Waals surface area contributed by atoms with Crippen molar-refractivity contribution < 1.29 is 15.0 Å². The van der Waals surface area contributed by atoms with Crippen LogP contribution in [-0.2, 0) is 0 Å². The molecule has 4 nitrogen and oxygen atoms in total. The summed E-state index contributed by atoms with van der Waals surface area (Å²) in [5.74, 6) is -0.859. The van der Waals surface area contributed by atoms with Crippen LogP contribution >= 0.6 is 0 Å². The molecule has 0 fully saturated rings. The second kappa shape index (κ2) is 5.69. The standard InChI is InChI=1S/C18H13NO3/c20-17-9-8-12-4-1-2-7-15(12)16(17)11-19-14-6-3-5-13(10-14)18(21)22/h1-11,20H,(H,21,22)/b19-11+. The van der Waals surface area contributed by atoms with E-state index in [1.807, 2.05) is 30.3 Å². The van der Waals surface area contributed by atoms with Crippen LogP contribution in [0, 0.1) is 0 Å². The van der Waals surface area contributed by atoms with Gasteiger partial charge in [0.05, 0.1) is 11.3 Å². The van der Waals surface area contributed by atoms with Gasteiger partial charge in [-0.15, -0.1) is 0 Å². The Hall–Kier alpha value is -3.14. The topological polar surface area (TPSA) is 69.9 Å². The van der Waals surface area contributed by atoms with Crippen molar-refractivity contribution in [3.05, 3.63) is 71.8 Å². The maximum atomic E-state index is 11.0. The van der Waals surface area contributed by atoms with Crippen LogP contribution in [0.4, 0.5) is 5.69 Å². The molecule has 0 radical (unpaired) electrons. The Morgan fingerprint density at radius 1 is 1.00 bits per heavy atom. The second-order valence-corrected chi connectivity index (χ2v) is 4.83. The highest BCUT2D eigenvalue weighted by atomic mass is 16.4. The molecule has 0 saturated heterocycles. The first-order valence-corrected chi connectivity index (χ1v) is 6.73. The van der Waals surface area contributed by atoms with Gasteiger partial charge in [-0.2, -0.15) is 0 Å². The van der Waals surface area contributed by atoms with E-state index in [2.05, 4.69) is 4.99 Å². The Morgan fingerprint density at radius 2 is 1.82 bits per heavy atom. The zero-order valence-corrected chi connectivity index (χ0v) is 11.6. The van der Waals surface area contributed by atoms with Gasteiger partial charge in [-0.3, -0.25) is 4.99 Å². The zero-order chi connectivity index (χ0) is 15.5. The molecule has 0 aliphatic rings. The number of rotatable bonds is 3. The molecule has 108 valence electrons. The molecule has 4 heteroatoms. The fourth-order valence-corrected chi connectivity index (χ4v) is 2.28. The molecule has 0 spiro atoms. The van der Waals surface area contributed by atoms with Crippen molar-refractivity contribution in [1.82, 2.24) is 0 Å². The quantitative estimate of drug-likeness (QED) is 0.717. The molecule has 3 rings (SSSR count). The van der Waals surface area contributed by atoms with Gasteiger partial charge >= 0.3 is 5.97 Å². The summed E-state index contributed by atoms with van der Waals surface area (Å²) in [6.07, 6.45) is 1.55. The third-order valence-electron chi connectivity index (χ3n) is 3.38. The SMILES string of the molecule is O=C(O)c1cccc(/N=C/c2c(O)ccc3ccccc23)c1. The van der Waals surface area contributed by atoms with Crippen molar-refractivity contribution in [3.8, 4) is 5.75 Å². The fraction of sp³-hybridized carbons (Fsp3) is 0. The van der Waals surface area contributed by atoms with Gasteiger partial charge in [0, 0.05) is 11.8 Å². The lowest BCUT2D eigenvalue weighted by molar-refractivity contribution is 0.0697. The molecular weight excluding hydrogens is 278 g/mol. The van der Waals surface area contributed by atoms with Crippen molar-refractivity contribution in [2.75, 3.05) is 0 Å². The van der Waals surface area contributed by atoms with Gasteiger partial charge in [0.15, 0.2) is 0 Å². The number of aromatic hydroxyl groups is 1. The number of aromatic carboxylic acids is 1. The van der Waals surface area contributed by atoms with Crippen LogP contribution in [-0.4, -0.2) is 22.4 Å². The highest BCUT2D eigenvalue weighted by Crippen LogP contribution is 2.26. The number of fused-ring (bicyclic) bond motifs is 1. The normalized spacial score (nSPS) is 11.1. The molecule has 3 aromatic rings. The summed E-state index contributed by atoms with van der Waals surface area (Å²) in [7, 11) is 0. The maximum Gasteiger partial charge on any atom is 0.335 e. The molecule has 22 heavy (non-hydrogen) atoms. The first-order valence-electron chi connectivity index (χ1n) is 6.73. The molecule has 2 N–H and O–H groups in total. The number of hydrogen-bond donors (Lipinski definition) is 2. The smallest absolute Gasteiger partial charge is 0.335 e. The molecule has 0 aliphatic carbocycles. The summed E-state index contributed by atoms with van der Waals surface area (Å²) in [6, 6.07) is 17.5. The predicted octanol–water partition coefficient (Wildman–Crippen LogP) is 3.99. The second-order valence-electron chi connectivity index (χ2n) is 4.83. The van der Waals surface area contributed by atoms with E-state index in [1.165, 1.54) is 12.1 Å². The van der Waals surface area contributed by atoms with Crippen molar-refractivity contribution in [1.29, 1.82) is 0 Å². The van der Waals surface area contributed by atoms with Crippen molar-refractivity contribution in [3.63, 3.8) is 0 Å². The number of nitrogens with zero attached hydrogens (tertiary/aromatic N) is 1. The van der Waals surface area contributed by atoms with Crippen LogP contribution < -0.4 is 0 Å². The third kappa shape index (κ3) is 2.67. The molecule has 0 bridgehead atoms. The van der Waals surface area contributed by atoms with Crippen LogP contribution in [0.2, 0.25) is 0 Å². The average Bonchev–Trinajstić information content (AvgIpc) is 2.54. The number of hydrogen-bond acceptors (Lipinski definition) is 3. The van der Waals surface area contributed by atoms with Crippen molar-refractivity contribution >= 4 is 28.6 Å². The lowest BCUT2D eigenvalue weighted by Gasteiger charge is -2.04. The number of benzene rings is 3. The van der Waals surface area contributed by atoms with Crippen LogP contribution in [0.25, 0.3) is 10.8 Å². The van der Waals surface area contributed by atoms with Gasteiger partial charge < -0.3 is 10.2 Å². The van der Waals surface area contributed by atoms with E-state index >= 15 is 0 Å². The molecule has 0 unspecified atom stereocenters. The molecular formula is C18H13NO3. The van der Waals surface area contributed by atoms with E-state index in [0.717, 1.165) is 10.8 Å². The van der Waals surface area contributed by atoms with E-state index in [1.54, 1.807) is 24.4 Å². The summed E-state index contributed by atoms with van der Waals surface area (Å²) in [4.78, 5) is 15.2. The Labute approximate surface area is 127 Å². The monoisotopic (exact) mass is 291 g/mol. The molecule has 0 amide bonds. The molecule has 0 heterocycles. The molecule has 0 aromatic heterocycles. The van der Waals surface area contributed by atoms with Gasteiger partial charge in [-0.05, 0) is 35.0 Å². The van der Waals surface area contributed by atoms with Crippen LogP contribution in [0.15, 0.2) is 65.7 Å². The Kier molecular flexibility index (Phi) is 3.58. The average molecular weight is 291 g/mol. The van der Waals surface area contributed by atoms with Crippen LogP contribution in [0.1, 0.15) is 15.9 Å². The lowest BCUT2D eigenvalue weighted by Crippen LogP contribution is -1.94. The van der Waals surface area contributed by atoms with E-state index in [4.69, 9.17) is 5.11 Å². The van der Waals surface area contributed by atoms with Crippen molar-refractivity contribution in [2.24, 2.45) is 4.99 Å². The van der Waals surface area contributed by atoms with E-state index in [-0.39, 0.29) is 11.3 Å². The molecule has 0 saturated carbocycles. The first-order chi connectivity index (χ1) is 10.6. The summed E-state index contributed by atoms with van der Waals surface area (Å²) >= 11 is 0. The number of phenols is 1. The molecule has 3 aromatic carbocycles. The number of carbonyl (C=O) groups is 1. The Morgan fingerprint density at radius 3 is 2.64 bits per heavy atom. The van der Waals surface area contributed by atoms with Gasteiger partial charge in [0.1, 0.15) is 5.75 Å². The number of carboxylic acid groups (broad SMARTS) is 1. The maximum absolute atomic E-state index is 11.0. The fourth-order valence-electron chi connectivity index (χ4n) is 2.28. The van der Waals surface area contributed by atoms with Gasteiger partial charge in [-0.25, -0.2) is 4.79 Å². The minimum absolute atomic E-state index is 0.136. The van der Waals surface area contributed by atoms with Crippen LogP contribution in [0.5, 0.6) is 5.75 Å². The Bertz CT molecular complexity index is 884. The third-order valence-corrected chi connectivity index (χ3v) is 3.38. The number of phenolic OH excluding ortho intramolecular Hbond substituents is 1. The summed E-state index contributed by atoms with van der Waals surface area (Å²) in [5.41, 5.74) is 1.31. The predicted molar refractivity (Wildman–Crippen MR) is 86.3 cm³/mol. The lowest BCUT2D eigenvalue weighted by atomic mass is 10.0. The number of carboxylic acids is 1. The molecule has 0 atom stereocenters. The number of aliphatic imine (C=N–C) groups is 1. The zero-order valence-electron chi connectivity index (χ0n) is 11.6. The van der Waals surface area contributed by atoms with E-state index < -0.39 is 5.97 Å². The summed E-state index contributed by atoms with van der Waals surface area (Å²) < 4.78 is 0. The van der Waals surface area contributed by atoms with Gasteiger partial charge in [0.2, 0.25) is 0 Å². The van der Waals surface area contributed by atoms with Gasteiger partial charge in [-0.1, -0.05) is 36.4 Å². The highest BCUT2D eigenvalue weighted by Gasteiger charge is 2.05.